The quantitative estimate of drug-likeness (QED) is 0.610. The Morgan fingerprint density at radius 3 is 2.47 bits per heavy atom. The Morgan fingerprint density at radius 1 is 1.27 bits per heavy atom. The molecule has 4 nitrogen and oxygen atoms in total. The third-order valence-electron chi connectivity index (χ3n) is 3.86. The van der Waals surface area contributed by atoms with E-state index in [4.69, 9.17) is 10.2 Å². The van der Waals surface area contributed by atoms with Crippen molar-refractivity contribution >= 4 is 5.91 Å². The Kier molecular flexibility index (Phi) is 3.26. The van der Waals surface area contributed by atoms with E-state index in [1.165, 1.54) is 19.3 Å². The molecule has 0 aromatic carbocycles. The first-order valence-electron chi connectivity index (χ1n) is 5.76. The predicted molar refractivity (Wildman–Crippen MR) is 55.0 cm³/mol. The molecule has 1 amide bonds. The third kappa shape index (κ3) is 2.16. The highest BCUT2D eigenvalue weighted by molar-refractivity contribution is 5.79. The molecule has 0 aromatic heterocycles. The van der Waals surface area contributed by atoms with Crippen molar-refractivity contribution in [2.45, 2.75) is 31.7 Å². The van der Waals surface area contributed by atoms with Gasteiger partial charge in [-0.25, -0.2) is 0 Å². The van der Waals surface area contributed by atoms with E-state index >= 15 is 0 Å². The minimum Gasteiger partial charge on any atom is -0.394 e. The highest BCUT2D eigenvalue weighted by atomic mass is 16.3. The Bertz CT molecular complexity index is 240. The molecule has 86 valence electrons. The molecular weight excluding hydrogens is 194 g/mol. The normalized spacial score (nSPS) is 33.7. The van der Waals surface area contributed by atoms with Crippen LogP contribution in [0.4, 0.5) is 0 Å². The van der Waals surface area contributed by atoms with E-state index in [0.29, 0.717) is 5.92 Å². The Labute approximate surface area is 89.7 Å². The molecule has 0 heterocycles. The van der Waals surface area contributed by atoms with Crippen molar-refractivity contribution in [3.05, 3.63) is 0 Å². The molecule has 2 fully saturated rings. The van der Waals surface area contributed by atoms with Gasteiger partial charge in [0.2, 0.25) is 5.91 Å². The van der Waals surface area contributed by atoms with Gasteiger partial charge in [-0.3, -0.25) is 4.79 Å². The molecule has 2 saturated carbocycles. The zero-order chi connectivity index (χ0) is 10.8. The van der Waals surface area contributed by atoms with Crippen LogP contribution in [0.15, 0.2) is 0 Å². The van der Waals surface area contributed by atoms with E-state index in [1.807, 2.05) is 0 Å². The highest BCUT2D eigenvalue weighted by Crippen LogP contribution is 2.48. The number of carbonyl (C=O) groups excluding carboxylic acids is 1. The van der Waals surface area contributed by atoms with Crippen LogP contribution in [-0.4, -0.2) is 35.4 Å². The summed E-state index contributed by atoms with van der Waals surface area (Å²) in [4.78, 5) is 11.8. The van der Waals surface area contributed by atoms with Gasteiger partial charge in [-0.05, 0) is 31.1 Å². The lowest BCUT2D eigenvalue weighted by molar-refractivity contribution is -0.127. The zero-order valence-corrected chi connectivity index (χ0v) is 8.85. The van der Waals surface area contributed by atoms with Gasteiger partial charge in [0.25, 0.3) is 0 Å². The molecule has 2 aliphatic rings. The van der Waals surface area contributed by atoms with E-state index in [2.05, 4.69) is 5.32 Å². The maximum atomic E-state index is 11.8. The second kappa shape index (κ2) is 4.49. The number of rotatable bonds is 4. The molecule has 2 rings (SSSR count). The van der Waals surface area contributed by atoms with E-state index in [1.54, 1.807) is 0 Å². The first kappa shape index (κ1) is 10.9. The number of aliphatic hydroxyl groups excluding tert-OH is 2. The lowest BCUT2D eigenvalue weighted by Gasteiger charge is -2.23. The van der Waals surface area contributed by atoms with Crippen molar-refractivity contribution in [3.63, 3.8) is 0 Å². The van der Waals surface area contributed by atoms with Crippen LogP contribution in [0.25, 0.3) is 0 Å². The van der Waals surface area contributed by atoms with Crippen LogP contribution in [0.3, 0.4) is 0 Å². The van der Waals surface area contributed by atoms with Crippen molar-refractivity contribution < 1.29 is 15.0 Å². The summed E-state index contributed by atoms with van der Waals surface area (Å²) in [5.41, 5.74) is 0. The molecule has 3 N–H and O–H groups in total. The summed E-state index contributed by atoms with van der Waals surface area (Å²) in [5.74, 6) is 1.44. The highest BCUT2D eigenvalue weighted by Gasteiger charge is 2.43. The monoisotopic (exact) mass is 213 g/mol. The molecule has 4 heteroatoms. The predicted octanol–water partition coefficient (Wildman–Crippen LogP) is -0.108. The summed E-state index contributed by atoms with van der Waals surface area (Å²) >= 11 is 0. The number of aliphatic hydroxyl groups is 2. The van der Waals surface area contributed by atoms with Gasteiger partial charge < -0.3 is 15.5 Å². The number of fused-ring (bicyclic) bond motifs is 2. The van der Waals surface area contributed by atoms with Crippen LogP contribution in [0.5, 0.6) is 0 Å². The smallest absolute Gasteiger partial charge is 0.223 e. The largest absolute Gasteiger partial charge is 0.394 e. The third-order valence-corrected chi connectivity index (χ3v) is 3.86. The molecule has 2 aliphatic carbocycles. The van der Waals surface area contributed by atoms with Gasteiger partial charge in [-0.1, -0.05) is 6.42 Å². The van der Waals surface area contributed by atoms with Crippen LogP contribution >= 0.6 is 0 Å². The standard InChI is InChI=1S/C11H19NO3/c13-5-9(6-14)12-11(15)10-4-7-1-2-8(10)3-7/h7-10,13-14H,1-6H2,(H,12,15). The van der Waals surface area contributed by atoms with Crippen LogP contribution in [0, 0.1) is 17.8 Å². The molecule has 3 atom stereocenters. The van der Waals surface area contributed by atoms with Crippen molar-refractivity contribution in [3.8, 4) is 0 Å². The van der Waals surface area contributed by atoms with Crippen LogP contribution in [-0.2, 0) is 4.79 Å². The van der Waals surface area contributed by atoms with Gasteiger partial charge in [0.1, 0.15) is 0 Å². The van der Waals surface area contributed by atoms with Gasteiger partial charge in [-0.15, -0.1) is 0 Å². The summed E-state index contributed by atoms with van der Waals surface area (Å²) < 4.78 is 0. The SMILES string of the molecule is O=C(NC(CO)CO)C1CC2CCC1C2. The molecule has 0 radical (unpaired) electrons. The topological polar surface area (TPSA) is 69.6 Å². The van der Waals surface area contributed by atoms with Crippen LogP contribution < -0.4 is 5.32 Å². The summed E-state index contributed by atoms with van der Waals surface area (Å²) in [6.45, 7) is -0.383. The molecule has 0 aliphatic heterocycles. The van der Waals surface area contributed by atoms with Gasteiger partial charge in [0, 0.05) is 5.92 Å². The molecule has 0 spiro atoms. The number of carbonyl (C=O) groups is 1. The minimum atomic E-state index is -0.489. The molecular formula is C11H19NO3. The first-order valence-corrected chi connectivity index (χ1v) is 5.76. The summed E-state index contributed by atoms with van der Waals surface area (Å²) in [6.07, 6.45) is 4.64. The van der Waals surface area contributed by atoms with Crippen molar-refractivity contribution in [1.82, 2.24) is 5.32 Å². The van der Waals surface area contributed by atoms with Crippen LogP contribution in [0.1, 0.15) is 25.7 Å². The fourth-order valence-electron chi connectivity index (χ4n) is 3.02. The Morgan fingerprint density at radius 2 is 2.00 bits per heavy atom. The van der Waals surface area contributed by atoms with Gasteiger partial charge in [0.15, 0.2) is 0 Å². The summed E-state index contributed by atoms with van der Waals surface area (Å²) in [6, 6.07) is -0.489. The second-order valence-corrected chi connectivity index (χ2v) is 4.85. The Hall–Kier alpha value is -0.610. The van der Waals surface area contributed by atoms with Crippen molar-refractivity contribution in [1.29, 1.82) is 0 Å². The molecule has 0 aromatic rings. The van der Waals surface area contributed by atoms with E-state index < -0.39 is 6.04 Å². The minimum absolute atomic E-state index is 0.0234. The average Bonchev–Trinajstić information content (AvgIpc) is 2.87. The average molecular weight is 213 g/mol. The fraction of sp³-hybridized carbons (Fsp3) is 0.909. The maximum absolute atomic E-state index is 11.8. The van der Waals surface area contributed by atoms with E-state index in [9.17, 15) is 4.79 Å². The molecule has 3 unspecified atom stereocenters. The lowest BCUT2D eigenvalue weighted by atomic mass is 9.88. The van der Waals surface area contributed by atoms with E-state index in [0.717, 1.165) is 12.3 Å². The number of nitrogens with one attached hydrogen (secondary N) is 1. The van der Waals surface area contributed by atoms with Crippen LogP contribution in [0.2, 0.25) is 0 Å². The first-order chi connectivity index (χ1) is 7.24. The summed E-state index contributed by atoms with van der Waals surface area (Å²) in [5, 5.41) is 20.5. The lowest BCUT2D eigenvalue weighted by Crippen LogP contribution is -2.44. The maximum Gasteiger partial charge on any atom is 0.223 e. The zero-order valence-electron chi connectivity index (χ0n) is 8.85. The second-order valence-electron chi connectivity index (χ2n) is 4.85. The van der Waals surface area contributed by atoms with Gasteiger partial charge in [0.05, 0.1) is 19.3 Å². The van der Waals surface area contributed by atoms with Crippen molar-refractivity contribution in [2.75, 3.05) is 13.2 Å². The Balaban J connectivity index is 1.86. The molecule has 2 bridgehead atoms. The molecule has 15 heavy (non-hydrogen) atoms. The van der Waals surface area contributed by atoms with Crippen molar-refractivity contribution in [2.24, 2.45) is 17.8 Å². The van der Waals surface area contributed by atoms with Gasteiger partial charge >= 0.3 is 0 Å². The van der Waals surface area contributed by atoms with E-state index in [-0.39, 0.29) is 25.0 Å². The molecule has 0 saturated heterocycles. The summed E-state index contributed by atoms with van der Waals surface area (Å²) in [7, 11) is 0. The number of amides is 1. The fourth-order valence-corrected chi connectivity index (χ4v) is 3.02. The number of hydrogen-bond donors (Lipinski definition) is 3. The van der Waals surface area contributed by atoms with Gasteiger partial charge in [-0.2, -0.15) is 0 Å². The number of hydrogen-bond acceptors (Lipinski definition) is 3.